The summed E-state index contributed by atoms with van der Waals surface area (Å²) in [5.41, 5.74) is 1.59. The first-order valence-corrected chi connectivity index (χ1v) is 8.96. The quantitative estimate of drug-likeness (QED) is 0.917. The van der Waals surface area contributed by atoms with Crippen molar-refractivity contribution in [2.24, 2.45) is 5.92 Å². The predicted molar refractivity (Wildman–Crippen MR) is 91.4 cm³/mol. The van der Waals surface area contributed by atoms with Crippen LogP contribution < -0.4 is 10.1 Å². The van der Waals surface area contributed by atoms with Gasteiger partial charge in [0.1, 0.15) is 5.75 Å². The monoisotopic (exact) mass is 330 g/mol. The number of nitrogens with one attached hydrogen (secondary N) is 1. The van der Waals surface area contributed by atoms with E-state index in [0.29, 0.717) is 17.7 Å². The second-order valence-electron chi connectivity index (χ2n) is 7.36. The number of benzene rings is 1. The molecule has 1 amide bonds. The van der Waals surface area contributed by atoms with Crippen LogP contribution in [0.5, 0.6) is 5.75 Å². The Kier molecular flexibility index (Phi) is 4.22. The zero-order chi connectivity index (χ0) is 16.7. The normalized spacial score (nSPS) is 30.0. The number of morpholine rings is 1. The van der Waals surface area contributed by atoms with Crippen LogP contribution in [-0.2, 0) is 4.74 Å². The Bertz CT molecular complexity index is 629. The zero-order valence-corrected chi connectivity index (χ0v) is 14.5. The molecule has 1 aromatic carbocycles. The molecule has 5 nitrogen and oxygen atoms in total. The molecule has 4 rings (SSSR count). The van der Waals surface area contributed by atoms with Crippen molar-refractivity contribution in [1.82, 2.24) is 10.2 Å². The van der Waals surface area contributed by atoms with Gasteiger partial charge >= 0.3 is 0 Å². The third kappa shape index (κ3) is 3.03. The molecule has 1 aliphatic carbocycles. The van der Waals surface area contributed by atoms with Crippen molar-refractivity contribution in [3.05, 3.63) is 29.3 Å². The van der Waals surface area contributed by atoms with Gasteiger partial charge in [-0.05, 0) is 44.2 Å². The maximum absolute atomic E-state index is 12.7. The Balaban J connectivity index is 1.39. The first-order valence-electron chi connectivity index (χ1n) is 8.96. The van der Waals surface area contributed by atoms with Crippen LogP contribution in [0.3, 0.4) is 0 Å². The van der Waals surface area contributed by atoms with E-state index in [2.05, 4.69) is 10.2 Å². The van der Waals surface area contributed by atoms with Crippen LogP contribution in [0.2, 0.25) is 0 Å². The minimum Gasteiger partial charge on any atom is -0.496 e. The number of fused-ring (bicyclic) bond motifs is 1. The molecule has 0 spiro atoms. The number of hydrogen-bond donors (Lipinski definition) is 1. The lowest BCUT2D eigenvalue weighted by molar-refractivity contribution is -0.0581. The first kappa shape index (κ1) is 15.9. The maximum atomic E-state index is 12.7. The summed E-state index contributed by atoms with van der Waals surface area (Å²) in [5.74, 6) is 1.53. The van der Waals surface area contributed by atoms with Gasteiger partial charge in [-0.25, -0.2) is 0 Å². The molecule has 1 saturated carbocycles. The number of methoxy groups -OCH3 is 1. The molecule has 130 valence electrons. The summed E-state index contributed by atoms with van der Waals surface area (Å²) < 4.78 is 11.4. The van der Waals surface area contributed by atoms with Gasteiger partial charge in [-0.2, -0.15) is 0 Å². The van der Waals surface area contributed by atoms with Gasteiger partial charge in [0, 0.05) is 36.3 Å². The molecule has 1 N–H and O–H groups in total. The smallest absolute Gasteiger partial charge is 0.251 e. The highest BCUT2D eigenvalue weighted by Gasteiger charge is 2.42. The van der Waals surface area contributed by atoms with Crippen LogP contribution in [0.15, 0.2) is 18.2 Å². The number of carbonyl (C=O) groups is 1. The summed E-state index contributed by atoms with van der Waals surface area (Å²) >= 11 is 0. The van der Waals surface area contributed by atoms with Gasteiger partial charge in [0.25, 0.3) is 5.91 Å². The van der Waals surface area contributed by atoms with E-state index in [9.17, 15) is 4.79 Å². The fraction of sp³-hybridized carbons (Fsp3) is 0.632. The fourth-order valence-corrected chi connectivity index (χ4v) is 4.10. The molecule has 0 aromatic heterocycles. The van der Waals surface area contributed by atoms with Gasteiger partial charge in [-0.1, -0.05) is 6.07 Å². The number of carbonyl (C=O) groups excluding carboxylic acids is 1. The Morgan fingerprint density at radius 1 is 1.33 bits per heavy atom. The van der Waals surface area contributed by atoms with E-state index in [4.69, 9.17) is 9.47 Å². The van der Waals surface area contributed by atoms with E-state index < -0.39 is 0 Å². The molecule has 2 heterocycles. The average molecular weight is 330 g/mol. The van der Waals surface area contributed by atoms with E-state index in [1.807, 2.05) is 25.1 Å². The number of nitrogens with zero attached hydrogens (tertiary/aromatic N) is 1. The van der Waals surface area contributed by atoms with Crippen molar-refractivity contribution in [1.29, 1.82) is 0 Å². The Morgan fingerprint density at radius 3 is 2.92 bits per heavy atom. The minimum absolute atomic E-state index is 0.00379. The second-order valence-corrected chi connectivity index (χ2v) is 7.36. The molecular weight excluding hydrogens is 304 g/mol. The third-order valence-corrected chi connectivity index (χ3v) is 5.68. The number of ether oxygens (including phenoxy) is 2. The van der Waals surface area contributed by atoms with Crippen LogP contribution in [0.4, 0.5) is 0 Å². The van der Waals surface area contributed by atoms with E-state index in [-0.39, 0.29) is 11.9 Å². The fourth-order valence-electron chi connectivity index (χ4n) is 4.10. The van der Waals surface area contributed by atoms with E-state index in [1.54, 1.807) is 7.11 Å². The number of amides is 1. The standard InChI is InChI=1S/C19H26N2O3/c1-12-16(4-3-5-17(12)23-2)19(22)20-14-8-15-11-24-18(13-6-7-13)10-21(15)9-14/h3-5,13-15,18H,6-11H2,1-2H3,(H,20,22)/t14-,15+,18-/m1/s1. The molecule has 1 aromatic rings. The molecule has 3 aliphatic rings. The molecule has 24 heavy (non-hydrogen) atoms. The Hall–Kier alpha value is -1.59. The molecule has 3 atom stereocenters. The summed E-state index contributed by atoms with van der Waals surface area (Å²) in [6, 6.07) is 6.28. The lowest BCUT2D eigenvalue weighted by Gasteiger charge is -2.35. The topological polar surface area (TPSA) is 50.8 Å². The highest BCUT2D eigenvalue weighted by atomic mass is 16.5. The van der Waals surface area contributed by atoms with Crippen molar-refractivity contribution < 1.29 is 14.3 Å². The molecular formula is C19H26N2O3. The molecule has 2 aliphatic heterocycles. The predicted octanol–water partition coefficient (Wildman–Crippen LogP) is 1.99. The number of rotatable bonds is 4. The van der Waals surface area contributed by atoms with E-state index in [0.717, 1.165) is 43.3 Å². The summed E-state index contributed by atoms with van der Waals surface area (Å²) in [6.45, 7) is 4.71. The lowest BCUT2D eigenvalue weighted by Crippen LogP contribution is -2.47. The minimum atomic E-state index is -0.00379. The SMILES string of the molecule is COc1cccc(C(=O)N[C@@H]2C[C@H]3CO[C@@H](C4CC4)CN3C2)c1C. The van der Waals surface area contributed by atoms with Crippen LogP contribution in [0, 0.1) is 12.8 Å². The van der Waals surface area contributed by atoms with Crippen LogP contribution in [-0.4, -0.2) is 55.8 Å². The summed E-state index contributed by atoms with van der Waals surface area (Å²) in [5, 5.41) is 3.21. The largest absolute Gasteiger partial charge is 0.496 e. The highest BCUT2D eigenvalue weighted by molar-refractivity contribution is 5.96. The lowest BCUT2D eigenvalue weighted by atomic mass is 10.1. The van der Waals surface area contributed by atoms with Gasteiger partial charge in [0.05, 0.1) is 19.8 Å². The van der Waals surface area contributed by atoms with E-state index in [1.165, 1.54) is 12.8 Å². The second kappa shape index (κ2) is 6.37. The van der Waals surface area contributed by atoms with Crippen LogP contribution in [0.1, 0.15) is 35.2 Å². The summed E-state index contributed by atoms with van der Waals surface area (Å²) in [6.07, 6.45) is 4.03. The van der Waals surface area contributed by atoms with Gasteiger partial charge in [-0.15, -0.1) is 0 Å². The molecule has 0 unspecified atom stereocenters. The summed E-state index contributed by atoms with van der Waals surface area (Å²) in [7, 11) is 1.63. The van der Waals surface area contributed by atoms with Crippen molar-refractivity contribution in [2.75, 3.05) is 26.8 Å². The van der Waals surface area contributed by atoms with Crippen molar-refractivity contribution >= 4 is 5.91 Å². The van der Waals surface area contributed by atoms with Gasteiger partial charge in [0.15, 0.2) is 0 Å². The van der Waals surface area contributed by atoms with Crippen LogP contribution in [0.25, 0.3) is 0 Å². The Morgan fingerprint density at radius 2 is 2.17 bits per heavy atom. The highest BCUT2D eigenvalue weighted by Crippen LogP contribution is 2.37. The van der Waals surface area contributed by atoms with Crippen molar-refractivity contribution in [3.8, 4) is 5.75 Å². The van der Waals surface area contributed by atoms with E-state index >= 15 is 0 Å². The Labute approximate surface area is 143 Å². The van der Waals surface area contributed by atoms with Gasteiger partial charge < -0.3 is 14.8 Å². The maximum Gasteiger partial charge on any atom is 0.251 e. The molecule has 2 saturated heterocycles. The van der Waals surface area contributed by atoms with Crippen LogP contribution >= 0.6 is 0 Å². The molecule has 5 heteroatoms. The van der Waals surface area contributed by atoms with Gasteiger partial charge in [0.2, 0.25) is 0 Å². The van der Waals surface area contributed by atoms with Crippen molar-refractivity contribution in [2.45, 2.75) is 44.4 Å². The summed E-state index contributed by atoms with van der Waals surface area (Å²) in [4.78, 5) is 15.2. The molecule has 0 radical (unpaired) electrons. The first-order chi connectivity index (χ1) is 11.7. The average Bonchev–Trinajstić information content (AvgIpc) is 3.35. The molecule has 0 bridgehead atoms. The third-order valence-electron chi connectivity index (χ3n) is 5.68. The molecule has 3 fully saturated rings. The number of hydrogen-bond acceptors (Lipinski definition) is 4. The van der Waals surface area contributed by atoms with Crippen molar-refractivity contribution in [3.63, 3.8) is 0 Å². The van der Waals surface area contributed by atoms with Gasteiger partial charge in [-0.3, -0.25) is 9.69 Å². The zero-order valence-electron chi connectivity index (χ0n) is 14.5.